The van der Waals surface area contributed by atoms with Crippen LogP contribution in [-0.2, 0) is 9.53 Å². The molecule has 1 aliphatic rings. The predicted octanol–water partition coefficient (Wildman–Crippen LogP) is 2.94. The summed E-state index contributed by atoms with van der Waals surface area (Å²) in [6, 6.07) is 0.178. The number of carbonyl (C=O) groups excluding carboxylic acids is 2. The summed E-state index contributed by atoms with van der Waals surface area (Å²) in [6.07, 6.45) is 3.08. The molecule has 0 aromatic rings. The summed E-state index contributed by atoms with van der Waals surface area (Å²) in [6.45, 7) is 11.0. The van der Waals surface area contributed by atoms with Crippen LogP contribution in [0.5, 0.6) is 0 Å². The van der Waals surface area contributed by atoms with Crippen molar-refractivity contribution in [3.63, 3.8) is 0 Å². The van der Waals surface area contributed by atoms with Crippen LogP contribution in [0.25, 0.3) is 0 Å². The van der Waals surface area contributed by atoms with E-state index >= 15 is 0 Å². The third kappa shape index (κ3) is 5.94. The largest absolute Gasteiger partial charge is 0.444 e. The highest BCUT2D eigenvalue weighted by Crippen LogP contribution is 2.16. The fourth-order valence-corrected chi connectivity index (χ4v) is 2.51. The molecule has 0 atom stereocenters. The summed E-state index contributed by atoms with van der Waals surface area (Å²) in [4.78, 5) is 25.7. The van der Waals surface area contributed by atoms with Gasteiger partial charge in [0.2, 0.25) is 5.91 Å². The number of rotatable bonds is 4. The minimum atomic E-state index is -0.461. The van der Waals surface area contributed by atoms with E-state index in [9.17, 15) is 9.59 Å². The Morgan fingerprint density at radius 1 is 1.19 bits per heavy atom. The molecule has 1 rings (SSSR count). The van der Waals surface area contributed by atoms with Crippen molar-refractivity contribution in [3.05, 3.63) is 0 Å². The molecule has 1 aliphatic heterocycles. The molecular formula is C16H30N2O3. The van der Waals surface area contributed by atoms with Crippen molar-refractivity contribution < 1.29 is 14.3 Å². The molecule has 0 bridgehead atoms. The lowest BCUT2D eigenvalue weighted by atomic mass is 10.00. The zero-order valence-corrected chi connectivity index (χ0v) is 14.1. The minimum absolute atomic E-state index is 0.105. The van der Waals surface area contributed by atoms with Gasteiger partial charge in [-0.1, -0.05) is 13.8 Å². The van der Waals surface area contributed by atoms with Crippen LogP contribution in [0.2, 0.25) is 0 Å². The average molecular weight is 298 g/mol. The van der Waals surface area contributed by atoms with E-state index in [0.717, 1.165) is 25.7 Å². The van der Waals surface area contributed by atoms with Crippen molar-refractivity contribution >= 4 is 12.0 Å². The number of ether oxygens (including phenoxy) is 1. The first-order chi connectivity index (χ1) is 9.76. The van der Waals surface area contributed by atoms with Gasteiger partial charge in [-0.2, -0.15) is 0 Å². The van der Waals surface area contributed by atoms with Crippen molar-refractivity contribution in [2.75, 3.05) is 13.1 Å². The summed E-state index contributed by atoms with van der Waals surface area (Å²) in [5, 5.41) is 3.11. The molecule has 0 spiro atoms. The lowest BCUT2D eigenvalue weighted by Crippen LogP contribution is -2.48. The quantitative estimate of drug-likeness (QED) is 0.868. The third-order valence-electron chi connectivity index (χ3n) is 3.85. The van der Waals surface area contributed by atoms with E-state index in [4.69, 9.17) is 4.74 Å². The van der Waals surface area contributed by atoms with E-state index in [1.54, 1.807) is 4.90 Å². The molecule has 1 saturated heterocycles. The molecular weight excluding hydrogens is 268 g/mol. The van der Waals surface area contributed by atoms with Gasteiger partial charge >= 0.3 is 6.09 Å². The number of nitrogens with one attached hydrogen (secondary N) is 1. The molecule has 1 N–H and O–H groups in total. The van der Waals surface area contributed by atoms with Gasteiger partial charge in [-0.25, -0.2) is 4.79 Å². The van der Waals surface area contributed by atoms with Gasteiger partial charge in [-0.05, 0) is 46.5 Å². The van der Waals surface area contributed by atoms with Crippen LogP contribution in [0.15, 0.2) is 0 Å². The number of carbonyl (C=O) groups is 2. The first-order valence-corrected chi connectivity index (χ1v) is 8.05. The van der Waals surface area contributed by atoms with Gasteiger partial charge < -0.3 is 15.0 Å². The number of nitrogens with zero attached hydrogens (tertiary/aromatic N) is 1. The second-order valence-corrected chi connectivity index (χ2v) is 6.76. The van der Waals surface area contributed by atoms with Gasteiger partial charge in [0.05, 0.1) is 0 Å². The zero-order valence-electron chi connectivity index (χ0n) is 14.1. The molecule has 5 heteroatoms. The van der Waals surface area contributed by atoms with E-state index in [-0.39, 0.29) is 24.0 Å². The van der Waals surface area contributed by atoms with Crippen LogP contribution in [0, 0.1) is 5.92 Å². The maximum Gasteiger partial charge on any atom is 0.410 e. The standard InChI is InChI=1S/C16H30N2O3/c1-6-12(7-2)14(19)17-13-8-10-18(11-9-13)15(20)21-16(3,4)5/h12-13H,6-11H2,1-5H3,(H,17,19). The molecule has 0 aromatic carbocycles. The number of hydrogen-bond donors (Lipinski definition) is 1. The van der Waals surface area contributed by atoms with Gasteiger partial charge in [0.15, 0.2) is 0 Å². The molecule has 0 aliphatic carbocycles. The van der Waals surface area contributed by atoms with E-state index in [1.807, 2.05) is 34.6 Å². The smallest absolute Gasteiger partial charge is 0.410 e. The molecule has 2 amide bonds. The van der Waals surface area contributed by atoms with Crippen molar-refractivity contribution in [2.45, 2.75) is 71.9 Å². The van der Waals surface area contributed by atoms with Gasteiger partial charge in [-0.15, -0.1) is 0 Å². The summed E-state index contributed by atoms with van der Waals surface area (Å²) in [5.41, 5.74) is -0.461. The average Bonchev–Trinajstić information content (AvgIpc) is 2.39. The topological polar surface area (TPSA) is 58.6 Å². The molecule has 5 nitrogen and oxygen atoms in total. The van der Waals surface area contributed by atoms with Crippen molar-refractivity contribution in [2.24, 2.45) is 5.92 Å². The van der Waals surface area contributed by atoms with Crippen molar-refractivity contribution in [1.29, 1.82) is 0 Å². The highest BCUT2D eigenvalue weighted by molar-refractivity contribution is 5.78. The summed E-state index contributed by atoms with van der Waals surface area (Å²) < 4.78 is 5.37. The van der Waals surface area contributed by atoms with Gasteiger partial charge in [0.1, 0.15) is 5.60 Å². The Balaban J connectivity index is 2.39. The van der Waals surface area contributed by atoms with E-state index in [0.29, 0.717) is 13.1 Å². The fraction of sp³-hybridized carbons (Fsp3) is 0.875. The summed E-state index contributed by atoms with van der Waals surface area (Å²) in [5.74, 6) is 0.254. The molecule has 122 valence electrons. The highest BCUT2D eigenvalue weighted by Gasteiger charge is 2.28. The van der Waals surface area contributed by atoms with Crippen LogP contribution in [-0.4, -0.2) is 41.6 Å². The van der Waals surface area contributed by atoms with Crippen LogP contribution >= 0.6 is 0 Å². The van der Waals surface area contributed by atoms with Crippen molar-refractivity contribution in [1.82, 2.24) is 10.2 Å². The molecule has 0 unspecified atom stereocenters. The zero-order chi connectivity index (χ0) is 16.0. The maximum absolute atomic E-state index is 12.1. The Bertz CT molecular complexity index is 351. The number of amides is 2. The summed E-state index contributed by atoms with van der Waals surface area (Å²) in [7, 11) is 0. The van der Waals surface area contributed by atoms with E-state index in [2.05, 4.69) is 5.32 Å². The second-order valence-electron chi connectivity index (χ2n) is 6.76. The Morgan fingerprint density at radius 3 is 2.14 bits per heavy atom. The summed E-state index contributed by atoms with van der Waals surface area (Å²) >= 11 is 0. The first kappa shape index (κ1) is 17.8. The Hall–Kier alpha value is -1.26. The second kappa shape index (κ2) is 7.66. The van der Waals surface area contributed by atoms with Crippen LogP contribution in [0.4, 0.5) is 4.79 Å². The predicted molar refractivity (Wildman–Crippen MR) is 83.0 cm³/mol. The first-order valence-electron chi connectivity index (χ1n) is 8.05. The normalized spacial score (nSPS) is 17.0. The molecule has 1 heterocycles. The number of hydrogen-bond acceptors (Lipinski definition) is 3. The van der Waals surface area contributed by atoms with Crippen LogP contribution in [0.1, 0.15) is 60.3 Å². The molecule has 21 heavy (non-hydrogen) atoms. The van der Waals surface area contributed by atoms with Gasteiger partial charge in [-0.3, -0.25) is 4.79 Å². The molecule has 0 aromatic heterocycles. The fourth-order valence-electron chi connectivity index (χ4n) is 2.51. The molecule has 1 fully saturated rings. The minimum Gasteiger partial charge on any atom is -0.444 e. The van der Waals surface area contributed by atoms with Gasteiger partial charge in [0.25, 0.3) is 0 Å². The maximum atomic E-state index is 12.1. The Labute approximate surface area is 128 Å². The number of likely N-dealkylation sites (tertiary alicyclic amines) is 1. The third-order valence-corrected chi connectivity index (χ3v) is 3.85. The van der Waals surface area contributed by atoms with E-state index in [1.165, 1.54) is 0 Å². The SMILES string of the molecule is CCC(CC)C(=O)NC1CCN(C(=O)OC(C)(C)C)CC1. The molecule has 0 saturated carbocycles. The van der Waals surface area contributed by atoms with E-state index < -0.39 is 5.60 Å². The van der Waals surface area contributed by atoms with Crippen LogP contribution < -0.4 is 5.32 Å². The highest BCUT2D eigenvalue weighted by atomic mass is 16.6. The monoisotopic (exact) mass is 298 g/mol. The van der Waals surface area contributed by atoms with Crippen molar-refractivity contribution in [3.8, 4) is 0 Å². The lowest BCUT2D eigenvalue weighted by Gasteiger charge is -2.34. The molecule has 0 radical (unpaired) electrons. The lowest BCUT2D eigenvalue weighted by molar-refractivity contribution is -0.126. The van der Waals surface area contributed by atoms with Gasteiger partial charge in [0, 0.05) is 25.0 Å². The Morgan fingerprint density at radius 2 is 1.71 bits per heavy atom. The van der Waals surface area contributed by atoms with Crippen LogP contribution in [0.3, 0.4) is 0 Å². The number of piperidine rings is 1. The Kier molecular flexibility index (Phi) is 6.49.